The van der Waals surface area contributed by atoms with Gasteiger partial charge in [-0.2, -0.15) is 0 Å². The molecular formula is C16H26OSi. The Labute approximate surface area is 113 Å². The van der Waals surface area contributed by atoms with Crippen molar-refractivity contribution in [3.05, 3.63) is 42.0 Å². The number of phenols is 1. The summed E-state index contributed by atoms with van der Waals surface area (Å²) in [5.41, 5.74) is 2.74. The van der Waals surface area contributed by atoms with Crippen LogP contribution in [-0.2, 0) is 6.42 Å². The fourth-order valence-electron chi connectivity index (χ4n) is 2.13. The second-order valence-corrected chi connectivity index (χ2v) is 12.5. The van der Waals surface area contributed by atoms with E-state index in [4.69, 9.17) is 0 Å². The molecule has 1 nitrogen and oxygen atoms in total. The van der Waals surface area contributed by atoms with Crippen LogP contribution in [0.5, 0.6) is 5.75 Å². The first-order valence-electron chi connectivity index (χ1n) is 6.56. The van der Waals surface area contributed by atoms with Crippen LogP contribution in [0, 0.1) is 5.41 Å². The van der Waals surface area contributed by atoms with Crippen molar-refractivity contribution < 1.29 is 5.11 Å². The minimum absolute atomic E-state index is 0.122. The molecule has 1 N–H and O–H groups in total. The second kappa shape index (κ2) is 5.31. The maximum Gasteiger partial charge on any atom is 0.115 e. The lowest BCUT2D eigenvalue weighted by atomic mass is 9.80. The maximum atomic E-state index is 9.31. The Kier molecular flexibility index (Phi) is 4.44. The topological polar surface area (TPSA) is 20.2 Å². The number of rotatable bonds is 5. The zero-order chi connectivity index (χ0) is 14.0. The average Bonchev–Trinajstić information content (AvgIpc) is 2.18. The highest BCUT2D eigenvalue weighted by molar-refractivity contribution is 6.76. The Hall–Kier alpha value is -1.02. The van der Waals surface area contributed by atoms with E-state index in [1.807, 2.05) is 12.1 Å². The first-order chi connectivity index (χ1) is 8.10. The van der Waals surface area contributed by atoms with Crippen molar-refractivity contribution in [2.75, 3.05) is 0 Å². The summed E-state index contributed by atoms with van der Waals surface area (Å²) in [5.74, 6) is 0.331. The molecule has 0 amide bonds. The minimum Gasteiger partial charge on any atom is -0.508 e. The van der Waals surface area contributed by atoms with Crippen LogP contribution in [-0.4, -0.2) is 13.2 Å². The molecule has 1 aromatic rings. The smallest absolute Gasteiger partial charge is 0.115 e. The molecule has 0 radical (unpaired) electrons. The third-order valence-electron chi connectivity index (χ3n) is 3.28. The van der Waals surface area contributed by atoms with Gasteiger partial charge in [0.25, 0.3) is 0 Å². The summed E-state index contributed by atoms with van der Waals surface area (Å²) >= 11 is 0. The number of phenolic OH excluding ortho intramolecular Hbond substituents is 1. The molecule has 1 aromatic carbocycles. The first kappa shape index (κ1) is 15.0. The molecule has 0 aromatic heterocycles. The van der Waals surface area contributed by atoms with Crippen molar-refractivity contribution >= 4 is 8.07 Å². The second-order valence-electron chi connectivity index (χ2n) is 7.07. The van der Waals surface area contributed by atoms with Crippen LogP contribution in [0.4, 0.5) is 0 Å². The predicted molar refractivity (Wildman–Crippen MR) is 82.9 cm³/mol. The first-order valence-corrected chi connectivity index (χ1v) is 10.3. The van der Waals surface area contributed by atoms with Gasteiger partial charge in [0.15, 0.2) is 0 Å². The van der Waals surface area contributed by atoms with Crippen molar-refractivity contribution in [2.45, 2.75) is 46.0 Å². The summed E-state index contributed by atoms with van der Waals surface area (Å²) in [6, 6.07) is 8.69. The molecule has 0 aliphatic rings. The van der Waals surface area contributed by atoms with Crippen molar-refractivity contribution in [1.29, 1.82) is 0 Å². The summed E-state index contributed by atoms with van der Waals surface area (Å²) < 4.78 is 0. The van der Waals surface area contributed by atoms with E-state index < -0.39 is 8.07 Å². The van der Waals surface area contributed by atoms with Gasteiger partial charge in [0, 0.05) is 8.07 Å². The highest BCUT2D eigenvalue weighted by Gasteiger charge is 2.26. The number of allylic oxidation sites excluding steroid dienone is 1. The van der Waals surface area contributed by atoms with Gasteiger partial charge < -0.3 is 5.11 Å². The van der Waals surface area contributed by atoms with E-state index in [0.717, 1.165) is 6.42 Å². The normalized spacial score (nSPS) is 12.5. The Morgan fingerprint density at radius 1 is 1.17 bits per heavy atom. The lowest BCUT2D eigenvalue weighted by molar-refractivity contribution is 0.442. The van der Waals surface area contributed by atoms with Crippen LogP contribution >= 0.6 is 0 Å². The fraction of sp³-hybridized carbons (Fsp3) is 0.500. The van der Waals surface area contributed by atoms with Gasteiger partial charge in [-0.05, 0) is 35.6 Å². The van der Waals surface area contributed by atoms with E-state index in [0.29, 0.717) is 5.75 Å². The number of aromatic hydroxyl groups is 1. The minimum atomic E-state index is -1.10. The molecule has 0 unspecified atom stereocenters. The van der Waals surface area contributed by atoms with Crippen LogP contribution < -0.4 is 0 Å². The van der Waals surface area contributed by atoms with Crippen LogP contribution in [0.2, 0.25) is 25.7 Å². The van der Waals surface area contributed by atoms with E-state index in [-0.39, 0.29) is 5.41 Å². The summed E-state index contributed by atoms with van der Waals surface area (Å²) in [6.07, 6.45) is 0.983. The zero-order valence-corrected chi connectivity index (χ0v) is 13.4. The standard InChI is InChI=1S/C16H26OSi/c1-13(12-18(4,5)6)16(2,3)11-14-7-9-15(17)10-8-14/h7-10,17H,1,11-12H2,2-6H3. The number of hydrogen-bond acceptors (Lipinski definition) is 1. The van der Waals surface area contributed by atoms with Gasteiger partial charge >= 0.3 is 0 Å². The van der Waals surface area contributed by atoms with Crippen LogP contribution in [0.25, 0.3) is 0 Å². The van der Waals surface area contributed by atoms with Gasteiger partial charge in [-0.1, -0.05) is 57.8 Å². The molecule has 0 atom stereocenters. The SMILES string of the molecule is C=C(C[Si](C)(C)C)C(C)(C)Cc1ccc(O)cc1. The van der Waals surface area contributed by atoms with E-state index in [1.54, 1.807) is 12.1 Å². The third kappa shape index (κ3) is 4.69. The Morgan fingerprint density at radius 3 is 2.11 bits per heavy atom. The van der Waals surface area contributed by atoms with Crippen LogP contribution in [0.1, 0.15) is 19.4 Å². The van der Waals surface area contributed by atoms with Gasteiger partial charge in [-0.3, -0.25) is 0 Å². The Balaban J connectivity index is 2.75. The van der Waals surface area contributed by atoms with Crippen LogP contribution in [0.3, 0.4) is 0 Å². The molecule has 0 bridgehead atoms. The fourth-order valence-corrected chi connectivity index (χ4v) is 3.89. The molecule has 0 fully saturated rings. The monoisotopic (exact) mass is 262 g/mol. The van der Waals surface area contributed by atoms with E-state index in [2.05, 4.69) is 40.1 Å². The van der Waals surface area contributed by atoms with Gasteiger partial charge in [0.1, 0.15) is 5.75 Å². The highest BCUT2D eigenvalue weighted by Crippen LogP contribution is 2.35. The maximum absolute atomic E-state index is 9.31. The Morgan fingerprint density at radius 2 is 1.67 bits per heavy atom. The lowest BCUT2D eigenvalue weighted by Gasteiger charge is -2.31. The van der Waals surface area contributed by atoms with Crippen molar-refractivity contribution in [3.63, 3.8) is 0 Å². The van der Waals surface area contributed by atoms with Gasteiger partial charge in [0.05, 0.1) is 0 Å². The summed E-state index contributed by atoms with van der Waals surface area (Å²) in [4.78, 5) is 0. The zero-order valence-electron chi connectivity index (χ0n) is 12.4. The molecular weight excluding hydrogens is 236 g/mol. The molecule has 0 heterocycles. The molecule has 0 aliphatic carbocycles. The van der Waals surface area contributed by atoms with E-state index in [9.17, 15) is 5.11 Å². The molecule has 0 aliphatic heterocycles. The molecule has 2 heteroatoms. The molecule has 0 saturated carbocycles. The molecule has 18 heavy (non-hydrogen) atoms. The van der Waals surface area contributed by atoms with Crippen LogP contribution in [0.15, 0.2) is 36.4 Å². The van der Waals surface area contributed by atoms with Crippen molar-refractivity contribution in [3.8, 4) is 5.75 Å². The number of hydrogen-bond donors (Lipinski definition) is 1. The van der Waals surface area contributed by atoms with Gasteiger partial charge in [-0.15, -0.1) is 0 Å². The summed E-state index contributed by atoms with van der Waals surface area (Å²) in [5, 5.41) is 9.31. The van der Waals surface area contributed by atoms with Gasteiger partial charge in [0.2, 0.25) is 0 Å². The number of benzene rings is 1. The van der Waals surface area contributed by atoms with Crippen molar-refractivity contribution in [1.82, 2.24) is 0 Å². The van der Waals surface area contributed by atoms with E-state index in [1.165, 1.54) is 17.2 Å². The van der Waals surface area contributed by atoms with Crippen molar-refractivity contribution in [2.24, 2.45) is 5.41 Å². The molecule has 0 spiro atoms. The molecule has 100 valence electrons. The van der Waals surface area contributed by atoms with Gasteiger partial charge in [-0.25, -0.2) is 0 Å². The largest absolute Gasteiger partial charge is 0.508 e. The third-order valence-corrected chi connectivity index (χ3v) is 4.77. The summed E-state index contributed by atoms with van der Waals surface area (Å²) in [7, 11) is -1.10. The molecule has 1 rings (SSSR count). The quantitative estimate of drug-likeness (QED) is 0.594. The lowest BCUT2D eigenvalue weighted by Crippen LogP contribution is -2.26. The van der Waals surface area contributed by atoms with E-state index >= 15 is 0 Å². The predicted octanol–water partition coefficient (Wildman–Crippen LogP) is 4.86. The summed E-state index contributed by atoms with van der Waals surface area (Å²) in [6.45, 7) is 16.0. The average molecular weight is 262 g/mol. The highest BCUT2D eigenvalue weighted by atomic mass is 28.3. The Bertz CT molecular complexity index is 410. The molecule has 0 saturated heterocycles.